The Bertz CT molecular complexity index is 1120. The Balaban J connectivity index is 1.50. The zero-order valence-electron chi connectivity index (χ0n) is 19.7. The van der Waals surface area contributed by atoms with Gasteiger partial charge in [-0.3, -0.25) is 0 Å². The number of hydrogen-bond donors (Lipinski definition) is 0. The van der Waals surface area contributed by atoms with Crippen molar-refractivity contribution in [3.8, 4) is 22.6 Å². The smallest absolute Gasteiger partial charge is 0.266 e. The minimum absolute atomic E-state index is 0.136. The molecule has 4 rings (SSSR count). The van der Waals surface area contributed by atoms with Gasteiger partial charge in [0.1, 0.15) is 23.9 Å². The summed E-state index contributed by atoms with van der Waals surface area (Å²) in [5.41, 5.74) is 1.46. The number of ether oxygens (including phenoxy) is 3. The van der Waals surface area contributed by atoms with E-state index in [0.29, 0.717) is 42.9 Å². The van der Waals surface area contributed by atoms with Crippen molar-refractivity contribution < 1.29 is 27.4 Å². The zero-order valence-corrected chi connectivity index (χ0v) is 19.7. The van der Waals surface area contributed by atoms with Crippen LogP contribution in [0.5, 0.6) is 11.5 Å². The monoisotopic (exact) mass is 482 g/mol. The lowest BCUT2D eigenvalue weighted by atomic mass is 9.85. The highest BCUT2D eigenvalue weighted by Gasteiger charge is 2.30. The van der Waals surface area contributed by atoms with Crippen molar-refractivity contribution in [2.24, 2.45) is 0 Å². The van der Waals surface area contributed by atoms with E-state index in [1.54, 1.807) is 42.5 Å². The number of rotatable bonds is 9. The van der Waals surface area contributed by atoms with E-state index in [9.17, 15) is 8.78 Å². The number of hydrogen-bond acceptors (Lipinski definition) is 3. The second-order valence-corrected chi connectivity index (χ2v) is 8.45. The van der Waals surface area contributed by atoms with Crippen LogP contribution >= 0.6 is 0 Å². The molecule has 0 aromatic heterocycles. The summed E-state index contributed by atoms with van der Waals surface area (Å²) in [7, 11) is 0. The van der Waals surface area contributed by atoms with Crippen molar-refractivity contribution in [3.63, 3.8) is 0 Å². The normalized spacial score (nSPS) is 17.9. The van der Waals surface area contributed by atoms with Crippen LogP contribution in [0.2, 0.25) is 0 Å². The fourth-order valence-electron chi connectivity index (χ4n) is 4.50. The second-order valence-electron chi connectivity index (χ2n) is 8.45. The van der Waals surface area contributed by atoms with Gasteiger partial charge in [-0.05, 0) is 60.7 Å². The molecule has 1 fully saturated rings. The van der Waals surface area contributed by atoms with Gasteiger partial charge in [0.05, 0.1) is 24.9 Å². The van der Waals surface area contributed by atoms with E-state index in [0.717, 1.165) is 11.3 Å². The van der Waals surface area contributed by atoms with Crippen LogP contribution < -0.4 is 9.47 Å². The molecule has 35 heavy (non-hydrogen) atoms. The van der Waals surface area contributed by atoms with Gasteiger partial charge in [-0.15, -0.1) is 0 Å². The first-order valence-electron chi connectivity index (χ1n) is 11.8. The molecule has 1 aliphatic heterocycles. The summed E-state index contributed by atoms with van der Waals surface area (Å²) in [5.74, 6) is 0.218. The van der Waals surface area contributed by atoms with E-state index < -0.39 is 17.8 Å². The molecule has 3 nitrogen and oxygen atoms in total. The Morgan fingerprint density at radius 2 is 1.66 bits per heavy atom. The molecule has 2 atom stereocenters. The molecule has 6 heteroatoms. The van der Waals surface area contributed by atoms with Crippen molar-refractivity contribution in [1.29, 1.82) is 0 Å². The highest BCUT2D eigenvalue weighted by molar-refractivity contribution is 5.67. The Morgan fingerprint density at radius 3 is 2.26 bits per heavy atom. The Morgan fingerprint density at radius 1 is 0.971 bits per heavy atom. The van der Waals surface area contributed by atoms with Crippen molar-refractivity contribution in [1.82, 2.24) is 0 Å². The quantitative estimate of drug-likeness (QED) is 0.289. The van der Waals surface area contributed by atoms with Gasteiger partial charge in [0, 0.05) is 11.5 Å². The Kier molecular flexibility index (Phi) is 8.13. The summed E-state index contributed by atoms with van der Waals surface area (Å²) in [6, 6.07) is 17.6. The largest absolute Gasteiger partial charge is 0.494 e. The summed E-state index contributed by atoms with van der Waals surface area (Å²) >= 11 is 0. The highest BCUT2D eigenvalue weighted by Crippen LogP contribution is 2.41. The Hall–Kier alpha value is -3.25. The average molecular weight is 483 g/mol. The lowest BCUT2D eigenvalue weighted by Crippen LogP contribution is -2.21. The van der Waals surface area contributed by atoms with Crippen LogP contribution in [0.1, 0.15) is 54.9 Å². The minimum Gasteiger partial charge on any atom is -0.494 e. The molecule has 3 aromatic carbocycles. The number of alkyl halides is 2. The van der Waals surface area contributed by atoms with Crippen LogP contribution in [-0.4, -0.2) is 19.8 Å². The van der Waals surface area contributed by atoms with Gasteiger partial charge < -0.3 is 14.2 Å². The van der Waals surface area contributed by atoms with Gasteiger partial charge in [-0.2, -0.15) is 0 Å². The molecular weight excluding hydrogens is 453 g/mol. The van der Waals surface area contributed by atoms with Gasteiger partial charge in [-0.25, -0.2) is 13.2 Å². The maximum Gasteiger partial charge on any atom is 0.266 e. The summed E-state index contributed by atoms with van der Waals surface area (Å²) in [4.78, 5) is 0. The molecule has 0 bridgehead atoms. The molecule has 0 radical (unpaired) electrons. The SMILES string of the molecule is C=CCOc1ccc(C2CCC(c3ccc(-c4ccc(OCC)cc4)c(F)c3C(F)F)CO2)cc1. The molecule has 1 saturated heterocycles. The molecule has 0 spiro atoms. The average Bonchev–Trinajstić information content (AvgIpc) is 2.88. The first-order valence-corrected chi connectivity index (χ1v) is 11.8. The number of halogens is 3. The van der Waals surface area contributed by atoms with Crippen molar-refractivity contribution in [2.75, 3.05) is 19.8 Å². The van der Waals surface area contributed by atoms with Gasteiger partial charge >= 0.3 is 0 Å². The molecule has 184 valence electrons. The fraction of sp³-hybridized carbons (Fsp3) is 0.310. The van der Waals surface area contributed by atoms with Gasteiger partial charge in [0.25, 0.3) is 6.43 Å². The van der Waals surface area contributed by atoms with E-state index in [1.165, 1.54) is 0 Å². The van der Waals surface area contributed by atoms with Gasteiger partial charge in [0.2, 0.25) is 0 Å². The standard InChI is InChI=1S/C29H29F3O3/c1-3-17-34-23-12-7-20(8-13-23)26-16-9-21(18-35-26)24-14-15-25(28(30)27(24)29(31)32)19-5-10-22(11-6-19)33-4-2/h3,5-8,10-15,21,26,29H,1,4,9,16-18H2,2H3. The van der Waals surface area contributed by atoms with Crippen molar-refractivity contribution in [3.05, 3.63) is 95.8 Å². The molecule has 0 saturated carbocycles. The summed E-state index contributed by atoms with van der Waals surface area (Å²) in [6.45, 7) is 6.69. The van der Waals surface area contributed by atoms with E-state index in [2.05, 4.69) is 6.58 Å². The molecular formula is C29H29F3O3. The lowest BCUT2D eigenvalue weighted by molar-refractivity contribution is 0.00150. The van der Waals surface area contributed by atoms with Crippen LogP contribution in [0.25, 0.3) is 11.1 Å². The van der Waals surface area contributed by atoms with Gasteiger partial charge in [0.15, 0.2) is 0 Å². The fourth-order valence-corrected chi connectivity index (χ4v) is 4.50. The van der Waals surface area contributed by atoms with Crippen molar-refractivity contribution >= 4 is 0 Å². The summed E-state index contributed by atoms with van der Waals surface area (Å²) in [5, 5.41) is 0. The number of benzene rings is 3. The molecule has 2 unspecified atom stereocenters. The molecule has 3 aromatic rings. The summed E-state index contributed by atoms with van der Waals surface area (Å²) in [6.07, 6.45) is -0.0979. The maximum absolute atomic E-state index is 15.4. The maximum atomic E-state index is 15.4. The van der Waals surface area contributed by atoms with E-state index in [1.807, 2.05) is 31.2 Å². The van der Waals surface area contributed by atoms with Crippen LogP contribution in [0, 0.1) is 5.82 Å². The Labute approximate surface area is 204 Å². The molecule has 0 N–H and O–H groups in total. The third-order valence-electron chi connectivity index (χ3n) is 6.24. The van der Waals surface area contributed by atoms with Crippen LogP contribution in [0.3, 0.4) is 0 Å². The lowest BCUT2D eigenvalue weighted by Gasteiger charge is -2.31. The van der Waals surface area contributed by atoms with Gasteiger partial charge in [-0.1, -0.05) is 49.1 Å². The van der Waals surface area contributed by atoms with Crippen molar-refractivity contribution in [2.45, 2.75) is 38.2 Å². The predicted octanol–water partition coefficient (Wildman–Crippen LogP) is 8.03. The van der Waals surface area contributed by atoms with Crippen LogP contribution in [-0.2, 0) is 4.74 Å². The first-order chi connectivity index (χ1) is 17.0. The van der Waals surface area contributed by atoms with Crippen LogP contribution in [0.4, 0.5) is 13.2 Å². The van der Waals surface area contributed by atoms with Crippen LogP contribution in [0.15, 0.2) is 73.3 Å². The third kappa shape index (κ3) is 5.70. The van der Waals surface area contributed by atoms with E-state index in [-0.39, 0.29) is 24.2 Å². The topological polar surface area (TPSA) is 27.7 Å². The van der Waals surface area contributed by atoms with E-state index >= 15 is 4.39 Å². The molecule has 0 aliphatic carbocycles. The molecule has 1 heterocycles. The molecule has 1 aliphatic rings. The third-order valence-corrected chi connectivity index (χ3v) is 6.24. The first kappa shape index (κ1) is 24.9. The predicted molar refractivity (Wildman–Crippen MR) is 131 cm³/mol. The molecule has 0 amide bonds. The minimum atomic E-state index is -2.92. The van der Waals surface area contributed by atoms with E-state index in [4.69, 9.17) is 14.2 Å². The zero-order chi connectivity index (χ0) is 24.8. The summed E-state index contributed by atoms with van der Waals surface area (Å²) < 4.78 is 60.4. The second kappa shape index (κ2) is 11.5. The highest BCUT2D eigenvalue weighted by atomic mass is 19.3.